The molecule has 4 aromatic rings. The van der Waals surface area contributed by atoms with E-state index in [2.05, 4.69) is 32.0 Å². The van der Waals surface area contributed by atoms with Crippen LogP contribution in [0.25, 0.3) is 10.9 Å². The summed E-state index contributed by atoms with van der Waals surface area (Å²) in [6, 6.07) is 12.4. The third kappa shape index (κ3) is 4.82. The third-order valence-electron chi connectivity index (χ3n) is 8.94. The van der Waals surface area contributed by atoms with Gasteiger partial charge >= 0.3 is 6.18 Å². The smallest absolute Gasteiger partial charge is 0.382 e. The zero-order valence-electron chi connectivity index (χ0n) is 23.7. The number of pyridine rings is 1. The number of halogens is 4. The first-order chi connectivity index (χ1) is 20.4. The Kier molecular flexibility index (Phi) is 6.78. The van der Waals surface area contributed by atoms with Crippen LogP contribution in [0.2, 0.25) is 5.02 Å². The maximum Gasteiger partial charge on any atom is 0.395 e. The lowest BCUT2D eigenvalue weighted by Crippen LogP contribution is -2.59. The van der Waals surface area contributed by atoms with Gasteiger partial charge in [-0.3, -0.25) is 4.98 Å². The molecule has 2 bridgehead atoms. The summed E-state index contributed by atoms with van der Waals surface area (Å²) in [5.74, 6) is 0.753. The predicted molar refractivity (Wildman–Crippen MR) is 156 cm³/mol. The molecule has 220 valence electrons. The van der Waals surface area contributed by atoms with Crippen LogP contribution in [0.3, 0.4) is 0 Å². The first kappa shape index (κ1) is 28.8. The SMILES string of the molecule is Cc1c(C#N)cccc1[C@H](Nc1cc(Cl)cc2c(NCC(C)(C)C(F)(F)F)c(C#N)cnc12)c1cn(C23CC(C2)C3)nn1. The molecule has 8 nitrogen and oxygen atoms in total. The monoisotopic (exact) mass is 604 g/mol. The minimum atomic E-state index is -4.46. The summed E-state index contributed by atoms with van der Waals surface area (Å²) in [6.45, 7) is 3.59. The van der Waals surface area contributed by atoms with E-state index in [0.717, 1.165) is 50.2 Å². The summed E-state index contributed by atoms with van der Waals surface area (Å²) in [6.07, 6.45) is 2.07. The average Bonchev–Trinajstić information content (AvgIpc) is 3.37. The Morgan fingerprint density at radius 1 is 1.14 bits per heavy atom. The second-order valence-electron chi connectivity index (χ2n) is 12.2. The standard InChI is InChI=1S/C31H28ClF3N8/c1-17-19(12-36)5-4-6-22(17)28(25-15-43(42-41-25)30-9-18(10-30)11-30)40-24-8-21(32)7-23-26(20(13-37)14-38-27(23)24)39-16-29(2,3)31(33,34)35/h4-8,14-15,18,28,40H,9-11,16H2,1-3H3,(H,38,39)/t18?,28-,30?/m0/s1. The lowest BCUT2D eigenvalue weighted by atomic mass is 9.50. The van der Waals surface area contributed by atoms with E-state index in [9.17, 15) is 23.7 Å². The lowest BCUT2D eigenvalue weighted by molar-refractivity contribution is -0.206. The lowest BCUT2D eigenvalue weighted by Gasteiger charge is -2.61. The Bertz CT molecular complexity index is 1810. The van der Waals surface area contributed by atoms with E-state index in [1.54, 1.807) is 24.3 Å². The van der Waals surface area contributed by atoms with Crippen LogP contribution >= 0.6 is 11.6 Å². The quantitative estimate of drug-likeness (QED) is 0.218. The summed E-state index contributed by atoms with van der Waals surface area (Å²) in [4.78, 5) is 4.52. The molecule has 0 radical (unpaired) electrons. The average molecular weight is 605 g/mol. The van der Waals surface area contributed by atoms with Gasteiger partial charge in [0.1, 0.15) is 11.8 Å². The Hall–Kier alpha value is -4.35. The van der Waals surface area contributed by atoms with Gasteiger partial charge in [0.05, 0.1) is 57.3 Å². The van der Waals surface area contributed by atoms with Crippen molar-refractivity contribution in [3.8, 4) is 12.1 Å². The molecule has 2 N–H and O–H groups in total. The number of fused-ring (bicyclic) bond motifs is 1. The summed E-state index contributed by atoms with van der Waals surface area (Å²) >= 11 is 6.57. The van der Waals surface area contributed by atoms with Gasteiger partial charge in [-0.15, -0.1) is 5.10 Å². The van der Waals surface area contributed by atoms with Crippen LogP contribution in [0.4, 0.5) is 24.5 Å². The summed E-state index contributed by atoms with van der Waals surface area (Å²) in [5.41, 5.74) is 1.87. The summed E-state index contributed by atoms with van der Waals surface area (Å²) in [5, 5.41) is 35.6. The van der Waals surface area contributed by atoms with E-state index in [4.69, 9.17) is 11.6 Å². The predicted octanol–water partition coefficient (Wildman–Crippen LogP) is 7.24. The molecule has 3 aliphatic carbocycles. The second-order valence-corrected chi connectivity index (χ2v) is 12.7. The molecule has 0 saturated heterocycles. The van der Waals surface area contributed by atoms with Gasteiger partial charge in [0.25, 0.3) is 0 Å². The Balaban J connectivity index is 1.45. The van der Waals surface area contributed by atoms with Gasteiger partial charge < -0.3 is 10.6 Å². The fourth-order valence-corrected chi connectivity index (χ4v) is 6.19. The van der Waals surface area contributed by atoms with E-state index < -0.39 is 24.2 Å². The fourth-order valence-electron chi connectivity index (χ4n) is 5.97. The molecular formula is C31H28ClF3N8. The van der Waals surface area contributed by atoms with E-state index in [0.29, 0.717) is 32.9 Å². The van der Waals surface area contributed by atoms with Gasteiger partial charge in [-0.1, -0.05) is 28.9 Å². The molecule has 12 heteroatoms. The van der Waals surface area contributed by atoms with Crippen molar-refractivity contribution < 1.29 is 13.2 Å². The van der Waals surface area contributed by atoms with Crippen molar-refractivity contribution in [2.45, 2.75) is 57.8 Å². The minimum absolute atomic E-state index is 0.0206. The maximum atomic E-state index is 13.6. The molecule has 0 spiro atoms. The van der Waals surface area contributed by atoms with E-state index >= 15 is 0 Å². The number of anilines is 2. The van der Waals surface area contributed by atoms with Crippen molar-refractivity contribution in [1.82, 2.24) is 20.0 Å². The molecular weight excluding hydrogens is 577 g/mol. The van der Waals surface area contributed by atoms with Gasteiger partial charge in [-0.2, -0.15) is 23.7 Å². The number of benzene rings is 2. The van der Waals surface area contributed by atoms with Gasteiger partial charge in [0.15, 0.2) is 0 Å². The van der Waals surface area contributed by atoms with Crippen LogP contribution in [0.15, 0.2) is 42.7 Å². The number of nitriles is 2. The van der Waals surface area contributed by atoms with Gasteiger partial charge in [-0.05, 0) is 75.3 Å². The van der Waals surface area contributed by atoms with Crippen molar-refractivity contribution in [2.75, 3.05) is 17.2 Å². The van der Waals surface area contributed by atoms with Crippen molar-refractivity contribution in [3.05, 3.63) is 75.7 Å². The molecule has 0 aliphatic heterocycles. The molecule has 3 saturated carbocycles. The molecule has 2 heterocycles. The molecule has 1 atom stereocenters. The molecule has 3 aliphatic rings. The normalized spacial score (nSPS) is 20.0. The number of alkyl halides is 3. The number of aromatic nitrogens is 4. The number of nitrogens with one attached hydrogen (secondary N) is 2. The topological polar surface area (TPSA) is 115 Å². The molecule has 0 amide bonds. The Labute approximate surface area is 251 Å². The van der Waals surface area contributed by atoms with Crippen molar-refractivity contribution in [3.63, 3.8) is 0 Å². The van der Waals surface area contributed by atoms with Crippen LogP contribution in [0.1, 0.15) is 67.1 Å². The highest BCUT2D eigenvalue weighted by Crippen LogP contribution is 2.62. The minimum Gasteiger partial charge on any atom is -0.382 e. The zero-order chi connectivity index (χ0) is 30.7. The van der Waals surface area contributed by atoms with Crippen molar-refractivity contribution >= 4 is 33.9 Å². The number of hydrogen-bond acceptors (Lipinski definition) is 7. The molecule has 3 fully saturated rings. The molecule has 2 aromatic heterocycles. The van der Waals surface area contributed by atoms with Crippen LogP contribution < -0.4 is 10.6 Å². The van der Waals surface area contributed by atoms with Gasteiger partial charge in [-0.25, -0.2) is 4.68 Å². The third-order valence-corrected chi connectivity index (χ3v) is 9.16. The van der Waals surface area contributed by atoms with Gasteiger partial charge in [0.2, 0.25) is 0 Å². The number of rotatable bonds is 8. The first-order valence-electron chi connectivity index (χ1n) is 13.9. The molecule has 43 heavy (non-hydrogen) atoms. The highest BCUT2D eigenvalue weighted by Gasteiger charge is 2.59. The summed E-state index contributed by atoms with van der Waals surface area (Å²) in [7, 11) is 0. The van der Waals surface area contributed by atoms with Crippen LogP contribution in [0, 0.1) is 40.9 Å². The Morgan fingerprint density at radius 2 is 1.86 bits per heavy atom. The van der Waals surface area contributed by atoms with Crippen LogP contribution in [0.5, 0.6) is 0 Å². The van der Waals surface area contributed by atoms with Crippen LogP contribution in [-0.2, 0) is 5.54 Å². The molecule has 2 aromatic carbocycles. The fraction of sp³-hybridized carbons (Fsp3) is 0.387. The number of nitrogens with zero attached hydrogens (tertiary/aromatic N) is 6. The van der Waals surface area contributed by atoms with Gasteiger partial charge in [0, 0.05) is 23.2 Å². The zero-order valence-corrected chi connectivity index (χ0v) is 24.5. The van der Waals surface area contributed by atoms with E-state index in [-0.39, 0.29) is 16.8 Å². The van der Waals surface area contributed by atoms with E-state index in [1.807, 2.05) is 29.9 Å². The highest BCUT2D eigenvalue weighted by atomic mass is 35.5. The summed E-state index contributed by atoms with van der Waals surface area (Å²) < 4.78 is 42.9. The van der Waals surface area contributed by atoms with Crippen LogP contribution in [-0.4, -0.2) is 32.7 Å². The first-order valence-corrected chi connectivity index (χ1v) is 14.3. The maximum absolute atomic E-state index is 13.6. The number of hydrogen-bond donors (Lipinski definition) is 2. The largest absolute Gasteiger partial charge is 0.395 e. The molecule has 7 rings (SSSR count). The highest BCUT2D eigenvalue weighted by molar-refractivity contribution is 6.32. The second kappa shape index (κ2) is 10.1. The van der Waals surface area contributed by atoms with E-state index in [1.165, 1.54) is 6.20 Å². The van der Waals surface area contributed by atoms with Crippen molar-refractivity contribution in [1.29, 1.82) is 10.5 Å². The van der Waals surface area contributed by atoms with Crippen molar-refractivity contribution in [2.24, 2.45) is 11.3 Å². The molecule has 0 unspecified atom stereocenters. The Morgan fingerprint density at radius 3 is 2.49 bits per heavy atom.